The minimum absolute atomic E-state index is 0.462. The van der Waals surface area contributed by atoms with Gasteiger partial charge in [0.2, 0.25) is 0 Å². The van der Waals surface area contributed by atoms with Gasteiger partial charge < -0.3 is 10.2 Å². The zero-order valence-corrected chi connectivity index (χ0v) is 13.9. The maximum Gasteiger partial charge on any atom is 0.0733 e. The standard InChI is InChI=1S/C16H22BrN3/c1-12(5-4-10-20(2)3)19-15-8-9-18-16-11-13(17)6-7-14(15)16/h6-9,11-12H,4-5,10H2,1-3H3,(H,18,19). The van der Waals surface area contributed by atoms with E-state index in [0.29, 0.717) is 6.04 Å². The first-order valence-corrected chi connectivity index (χ1v) is 7.81. The van der Waals surface area contributed by atoms with Crippen molar-refractivity contribution >= 4 is 32.5 Å². The molecule has 3 nitrogen and oxygen atoms in total. The lowest BCUT2D eigenvalue weighted by Gasteiger charge is -2.18. The fraction of sp³-hybridized carbons (Fsp3) is 0.438. The van der Waals surface area contributed by atoms with Crippen LogP contribution >= 0.6 is 15.9 Å². The van der Waals surface area contributed by atoms with E-state index in [4.69, 9.17) is 0 Å². The van der Waals surface area contributed by atoms with Gasteiger partial charge in [-0.25, -0.2) is 0 Å². The number of hydrogen-bond donors (Lipinski definition) is 1. The zero-order chi connectivity index (χ0) is 14.5. The van der Waals surface area contributed by atoms with Gasteiger partial charge in [-0.3, -0.25) is 4.98 Å². The fourth-order valence-electron chi connectivity index (χ4n) is 2.30. The molecule has 0 fully saturated rings. The van der Waals surface area contributed by atoms with Gasteiger partial charge in [0.05, 0.1) is 5.52 Å². The molecule has 0 bridgehead atoms. The Balaban J connectivity index is 2.05. The first-order valence-electron chi connectivity index (χ1n) is 7.02. The Bertz CT molecular complexity index is 569. The van der Waals surface area contributed by atoms with Crippen LogP contribution in [0.2, 0.25) is 0 Å². The lowest BCUT2D eigenvalue weighted by molar-refractivity contribution is 0.390. The molecule has 0 aliphatic rings. The number of nitrogens with zero attached hydrogens (tertiary/aromatic N) is 2. The number of aromatic nitrogens is 1. The van der Waals surface area contributed by atoms with Crippen LogP contribution in [0.1, 0.15) is 19.8 Å². The van der Waals surface area contributed by atoms with Crippen molar-refractivity contribution in [3.63, 3.8) is 0 Å². The van der Waals surface area contributed by atoms with Gasteiger partial charge in [0.25, 0.3) is 0 Å². The van der Waals surface area contributed by atoms with Crippen LogP contribution in [0.15, 0.2) is 34.9 Å². The molecule has 4 heteroatoms. The summed E-state index contributed by atoms with van der Waals surface area (Å²) < 4.78 is 1.06. The number of hydrogen-bond acceptors (Lipinski definition) is 3. The number of pyridine rings is 1. The topological polar surface area (TPSA) is 28.2 Å². The zero-order valence-electron chi connectivity index (χ0n) is 12.4. The van der Waals surface area contributed by atoms with Gasteiger partial charge in [-0.2, -0.15) is 0 Å². The Morgan fingerprint density at radius 1 is 1.30 bits per heavy atom. The van der Waals surface area contributed by atoms with Crippen molar-refractivity contribution in [2.75, 3.05) is 26.0 Å². The third-order valence-corrected chi connectivity index (χ3v) is 3.84. The number of anilines is 1. The summed E-state index contributed by atoms with van der Waals surface area (Å²) in [7, 11) is 4.23. The molecule has 1 aromatic heterocycles. The summed E-state index contributed by atoms with van der Waals surface area (Å²) >= 11 is 3.49. The molecule has 1 aromatic carbocycles. The third kappa shape index (κ3) is 4.18. The normalized spacial score (nSPS) is 12.8. The van der Waals surface area contributed by atoms with Crippen molar-refractivity contribution in [1.29, 1.82) is 0 Å². The van der Waals surface area contributed by atoms with E-state index in [9.17, 15) is 0 Å². The molecule has 0 aliphatic carbocycles. The number of halogens is 1. The Kier molecular flexibility index (Phi) is 5.38. The number of nitrogens with one attached hydrogen (secondary N) is 1. The number of fused-ring (bicyclic) bond motifs is 1. The highest BCUT2D eigenvalue weighted by Crippen LogP contribution is 2.25. The van der Waals surface area contributed by atoms with Gasteiger partial charge in [0, 0.05) is 27.8 Å². The van der Waals surface area contributed by atoms with E-state index < -0.39 is 0 Å². The second-order valence-corrected chi connectivity index (χ2v) is 6.43. The molecule has 20 heavy (non-hydrogen) atoms. The van der Waals surface area contributed by atoms with Crippen molar-refractivity contribution in [3.8, 4) is 0 Å². The monoisotopic (exact) mass is 335 g/mol. The predicted octanol–water partition coefficient (Wildman–Crippen LogP) is 4.14. The molecule has 2 rings (SSSR count). The second kappa shape index (κ2) is 7.04. The van der Waals surface area contributed by atoms with Gasteiger partial charge >= 0.3 is 0 Å². The van der Waals surface area contributed by atoms with E-state index in [0.717, 1.165) is 16.5 Å². The molecule has 1 heterocycles. The van der Waals surface area contributed by atoms with E-state index in [2.05, 4.69) is 76.4 Å². The van der Waals surface area contributed by atoms with E-state index in [1.165, 1.54) is 23.9 Å². The highest BCUT2D eigenvalue weighted by molar-refractivity contribution is 9.10. The van der Waals surface area contributed by atoms with Gasteiger partial charge in [0.15, 0.2) is 0 Å². The molecule has 0 radical (unpaired) electrons. The quantitative estimate of drug-likeness (QED) is 0.859. The Morgan fingerprint density at radius 2 is 2.10 bits per heavy atom. The van der Waals surface area contributed by atoms with Crippen LogP contribution in [0.5, 0.6) is 0 Å². The maximum absolute atomic E-state index is 4.42. The average Bonchev–Trinajstić information content (AvgIpc) is 2.38. The Morgan fingerprint density at radius 3 is 2.85 bits per heavy atom. The summed E-state index contributed by atoms with van der Waals surface area (Å²) in [5.41, 5.74) is 2.18. The fourth-order valence-corrected chi connectivity index (χ4v) is 2.65. The SMILES string of the molecule is CC(CCCN(C)C)Nc1ccnc2cc(Br)ccc12. The molecule has 1 atom stereocenters. The van der Waals surface area contributed by atoms with Crippen LogP contribution in [-0.4, -0.2) is 36.6 Å². The molecule has 0 spiro atoms. The summed E-state index contributed by atoms with van der Waals surface area (Å²) in [5, 5.41) is 4.78. The van der Waals surface area contributed by atoms with Crippen molar-refractivity contribution in [3.05, 3.63) is 34.9 Å². The van der Waals surface area contributed by atoms with Crippen molar-refractivity contribution in [2.24, 2.45) is 0 Å². The van der Waals surface area contributed by atoms with E-state index in [-0.39, 0.29) is 0 Å². The minimum atomic E-state index is 0.462. The highest BCUT2D eigenvalue weighted by atomic mass is 79.9. The lowest BCUT2D eigenvalue weighted by Crippen LogP contribution is -2.19. The van der Waals surface area contributed by atoms with Crippen LogP contribution in [0, 0.1) is 0 Å². The summed E-state index contributed by atoms with van der Waals surface area (Å²) in [4.78, 5) is 6.65. The van der Waals surface area contributed by atoms with Crippen LogP contribution < -0.4 is 5.32 Å². The molecule has 0 aliphatic heterocycles. The van der Waals surface area contributed by atoms with Crippen molar-refractivity contribution in [1.82, 2.24) is 9.88 Å². The largest absolute Gasteiger partial charge is 0.382 e. The van der Waals surface area contributed by atoms with E-state index >= 15 is 0 Å². The first kappa shape index (κ1) is 15.3. The first-order chi connectivity index (χ1) is 9.56. The van der Waals surface area contributed by atoms with Crippen LogP contribution in [0.4, 0.5) is 5.69 Å². The predicted molar refractivity (Wildman–Crippen MR) is 90.3 cm³/mol. The molecule has 2 aromatic rings. The van der Waals surface area contributed by atoms with Gasteiger partial charge in [0.1, 0.15) is 0 Å². The Hall–Kier alpha value is -1.13. The average molecular weight is 336 g/mol. The van der Waals surface area contributed by atoms with Crippen molar-refractivity contribution in [2.45, 2.75) is 25.8 Å². The highest BCUT2D eigenvalue weighted by Gasteiger charge is 2.06. The summed E-state index contributed by atoms with van der Waals surface area (Å²) in [6.45, 7) is 3.37. The van der Waals surface area contributed by atoms with E-state index in [1.54, 1.807) is 0 Å². The van der Waals surface area contributed by atoms with Crippen LogP contribution in [0.3, 0.4) is 0 Å². The molecule has 1 N–H and O–H groups in total. The van der Waals surface area contributed by atoms with E-state index in [1.807, 2.05) is 6.20 Å². The molecule has 0 saturated carbocycles. The van der Waals surface area contributed by atoms with Crippen LogP contribution in [-0.2, 0) is 0 Å². The molecular weight excluding hydrogens is 314 g/mol. The molecule has 0 amide bonds. The number of benzene rings is 1. The molecular formula is C16H22BrN3. The lowest BCUT2D eigenvalue weighted by atomic mass is 10.1. The van der Waals surface area contributed by atoms with Crippen molar-refractivity contribution < 1.29 is 0 Å². The van der Waals surface area contributed by atoms with Gasteiger partial charge in [-0.1, -0.05) is 15.9 Å². The molecule has 108 valence electrons. The molecule has 0 saturated heterocycles. The van der Waals surface area contributed by atoms with Gasteiger partial charge in [-0.05, 0) is 64.7 Å². The summed E-state index contributed by atoms with van der Waals surface area (Å²) in [6, 6.07) is 8.74. The smallest absolute Gasteiger partial charge is 0.0733 e. The summed E-state index contributed by atoms with van der Waals surface area (Å²) in [6.07, 6.45) is 4.23. The van der Waals surface area contributed by atoms with Crippen LogP contribution in [0.25, 0.3) is 10.9 Å². The maximum atomic E-state index is 4.42. The minimum Gasteiger partial charge on any atom is -0.382 e. The Labute approximate surface area is 129 Å². The summed E-state index contributed by atoms with van der Waals surface area (Å²) in [5.74, 6) is 0. The second-order valence-electron chi connectivity index (χ2n) is 5.51. The van der Waals surface area contributed by atoms with Gasteiger partial charge in [-0.15, -0.1) is 0 Å². The number of rotatable bonds is 6. The molecule has 1 unspecified atom stereocenters. The third-order valence-electron chi connectivity index (χ3n) is 3.35.